The number of hydrogen-bond donors (Lipinski definition) is 0. The van der Waals surface area contributed by atoms with Crippen molar-refractivity contribution in [2.24, 2.45) is 5.92 Å². The molecule has 0 aliphatic carbocycles. The van der Waals surface area contributed by atoms with Gasteiger partial charge in [-0.05, 0) is 48.5 Å². The highest BCUT2D eigenvalue weighted by Crippen LogP contribution is 2.21. The molecule has 0 saturated carbocycles. The van der Waals surface area contributed by atoms with Crippen molar-refractivity contribution in [2.75, 3.05) is 14.2 Å². The Kier molecular flexibility index (Phi) is 11.6. The van der Waals surface area contributed by atoms with Crippen LogP contribution in [0.5, 0.6) is 11.5 Å². The summed E-state index contributed by atoms with van der Waals surface area (Å²) in [6.07, 6.45) is -0.154. The molecule has 0 saturated heterocycles. The number of Topliss-reactive ketones (excluding diaryl/α,β-unsaturated/α-hetero) is 5. The van der Waals surface area contributed by atoms with Crippen LogP contribution < -0.4 is 9.47 Å². The summed E-state index contributed by atoms with van der Waals surface area (Å²) in [6.45, 7) is 0. The van der Waals surface area contributed by atoms with E-state index >= 15 is 0 Å². The molecule has 5 aromatic carbocycles. The van der Waals surface area contributed by atoms with E-state index in [2.05, 4.69) is 0 Å². The lowest BCUT2D eigenvalue weighted by Gasteiger charge is -2.14. The van der Waals surface area contributed by atoms with E-state index in [1.54, 1.807) is 154 Å². The molecule has 7 heteroatoms. The molecule has 0 fully saturated rings. The van der Waals surface area contributed by atoms with Crippen LogP contribution in [0.25, 0.3) is 0 Å². The van der Waals surface area contributed by atoms with Gasteiger partial charge < -0.3 is 9.47 Å². The van der Waals surface area contributed by atoms with Crippen molar-refractivity contribution in [3.05, 3.63) is 167 Å². The molecule has 0 heterocycles. The highest BCUT2D eigenvalue weighted by Gasteiger charge is 2.35. The Labute approximate surface area is 267 Å². The fraction of sp³-hybridized carbons (Fsp3) is 0.103. The minimum Gasteiger partial charge on any atom is -0.497 e. The van der Waals surface area contributed by atoms with Gasteiger partial charge in [0.25, 0.3) is 0 Å². The van der Waals surface area contributed by atoms with E-state index in [0.29, 0.717) is 39.3 Å². The molecule has 46 heavy (non-hydrogen) atoms. The van der Waals surface area contributed by atoms with E-state index in [1.807, 2.05) is 0 Å². The van der Waals surface area contributed by atoms with E-state index in [-0.39, 0.29) is 18.0 Å². The number of ether oxygens (including phenoxy) is 2. The topological polar surface area (TPSA) is 104 Å². The highest BCUT2D eigenvalue weighted by atomic mass is 16.5. The van der Waals surface area contributed by atoms with Crippen LogP contribution in [0.3, 0.4) is 0 Å². The maximum Gasteiger partial charge on any atom is 0.181 e. The lowest BCUT2D eigenvalue weighted by atomic mass is 9.84. The summed E-state index contributed by atoms with van der Waals surface area (Å²) in [5.41, 5.74) is 2.04. The number of hydrogen-bond acceptors (Lipinski definition) is 7. The Hall–Kier alpha value is -5.95. The molecule has 5 rings (SSSR count). The molecule has 0 aromatic heterocycles. The molecule has 0 spiro atoms. The van der Waals surface area contributed by atoms with Gasteiger partial charge in [-0.3, -0.25) is 24.0 Å². The normalized spacial score (nSPS) is 10.2. The van der Waals surface area contributed by atoms with Gasteiger partial charge in [-0.25, -0.2) is 0 Å². The van der Waals surface area contributed by atoms with Crippen molar-refractivity contribution in [1.82, 2.24) is 0 Å². The number of benzene rings is 5. The molecule has 0 atom stereocenters. The number of carbonyl (C=O) groups excluding carboxylic acids is 5. The molecule has 0 unspecified atom stereocenters. The van der Waals surface area contributed by atoms with Crippen LogP contribution >= 0.6 is 0 Å². The van der Waals surface area contributed by atoms with Crippen LogP contribution in [0.15, 0.2) is 140 Å². The maximum absolute atomic E-state index is 12.9. The summed E-state index contributed by atoms with van der Waals surface area (Å²) >= 11 is 0. The summed E-state index contributed by atoms with van der Waals surface area (Å²) in [6, 6.07) is 38.7. The molecule has 7 nitrogen and oxygen atoms in total. The van der Waals surface area contributed by atoms with Crippen molar-refractivity contribution in [3.8, 4) is 11.5 Å². The zero-order valence-corrected chi connectivity index (χ0v) is 25.4. The van der Waals surface area contributed by atoms with Crippen molar-refractivity contribution in [2.45, 2.75) is 6.42 Å². The predicted molar refractivity (Wildman–Crippen MR) is 175 cm³/mol. The minimum absolute atomic E-state index is 0.154. The molecule has 0 amide bonds. The largest absolute Gasteiger partial charge is 0.497 e. The fourth-order valence-electron chi connectivity index (χ4n) is 4.57. The van der Waals surface area contributed by atoms with Crippen molar-refractivity contribution >= 4 is 28.9 Å². The zero-order chi connectivity index (χ0) is 32.9. The van der Waals surface area contributed by atoms with Crippen molar-refractivity contribution in [3.63, 3.8) is 0 Å². The van der Waals surface area contributed by atoms with Gasteiger partial charge in [0.2, 0.25) is 0 Å². The summed E-state index contributed by atoms with van der Waals surface area (Å²) in [5.74, 6) is -1.90. The molecule has 0 aliphatic heterocycles. The second-order valence-electron chi connectivity index (χ2n) is 10.1. The Balaban J connectivity index is 0.000000212. The standard InChI is InChI=1S/C22H16O3.C17H16O4/c23-20(16-10-4-1-5-11-16)19(21(24)17-12-6-2-7-13-17)22(25)18-14-8-3-9-15-18;1-20-14-7-3-12(4-8-14)16(18)11-17(19)13-5-9-15(21-2)10-6-13/h1-15,19H;3-10H,11H2,1-2H3. The van der Waals surface area contributed by atoms with E-state index < -0.39 is 23.3 Å². The van der Waals surface area contributed by atoms with Gasteiger partial charge in [0.1, 0.15) is 17.4 Å². The Morgan fingerprint density at radius 3 is 0.957 bits per heavy atom. The molecular formula is C39H32O7. The molecular weight excluding hydrogens is 580 g/mol. The maximum atomic E-state index is 12.9. The highest BCUT2D eigenvalue weighted by molar-refractivity contribution is 6.31. The van der Waals surface area contributed by atoms with Crippen LogP contribution in [0, 0.1) is 5.92 Å². The van der Waals surface area contributed by atoms with Crippen LogP contribution in [0.4, 0.5) is 0 Å². The van der Waals surface area contributed by atoms with Crippen LogP contribution in [-0.4, -0.2) is 43.1 Å². The van der Waals surface area contributed by atoms with Crippen LogP contribution in [-0.2, 0) is 0 Å². The monoisotopic (exact) mass is 612 g/mol. The van der Waals surface area contributed by atoms with Gasteiger partial charge in [-0.15, -0.1) is 0 Å². The second-order valence-corrected chi connectivity index (χ2v) is 10.1. The average molecular weight is 613 g/mol. The minimum atomic E-state index is -1.38. The number of rotatable bonds is 12. The Morgan fingerprint density at radius 2 is 0.696 bits per heavy atom. The van der Waals surface area contributed by atoms with E-state index in [1.165, 1.54) is 0 Å². The number of ketones is 5. The van der Waals surface area contributed by atoms with E-state index in [4.69, 9.17) is 9.47 Å². The molecule has 0 radical (unpaired) electrons. The lowest BCUT2D eigenvalue weighted by Crippen LogP contribution is -2.32. The zero-order valence-electron chi connectivity index (χ0n) is 25.4. The molecule has 0 N–H and O–H groups in total. The molecule has 0 bridgehead atoms. The summed E-state index contributed by atoms with van der Waals surface area (Å²) in [4.78, 5) is 62.9. The van der Waals surface area contributed by atoms with Gasteiger partial charge in [-0.2, -0.15) is 0 Å². The molecule has 5 aromatic rings. The van der Waals surface area contributed by atoms with Crippen LogP contribution in [0.1, 0.15) is 58.2 Å². The van der Waals surface area contributed by atoms with Gasteiger partial charge in [0, 0.05) is 27.8 Å². The first-order valence-corrected chi connectivity index (χ1v) is 14.4. The average Bonchev–Trinajstić information content (AvgIpc) is 3.13. The summed E-state index contributed by atoms with van der Waals surface area (Å²) in [7, 11) is 3.12. The van der Waals surface area contributed by atoms with Gasteiger partial charge in [0.15, 0.2) is 28.9 Å². The Bertz CT molecular complexity index is 1600. The lowest BCUT2D eigenvalue weighted by molar-refractivity contribution is 0.0731. The smallest absolute Gasteiger partial charge is 0.181 e. The molecule has 230 valence electrons. The third-order valence-corrected chi connectivity index (χ3v) is 7.11. The van der Waals surface area contributed by atoms with E-state index in [0.717, 1.165) is 0 Å². The summed E-state index contributed by atoms with van der Waals surface area (Å²) in [5, 5.41) is 0. The first-order chi connectivity index (χ1) is 22.3. The third-order valence-electron chi connectivity index (χ3n) is 7.11. The molecule has 0 aliphatic rings. The number of methoxy groups -OCH3 is 2. The van der Waals surface area contributed by atoms with Gasteiger partial charge in [0.05, 0.1) is 20.6 Å². The Morgan fingerprint density at radius 1 is 0.413 bits per heavy atom. The third kappa shape index (κ3) is 8.57. The first kappa shape index (κ1) is 33.0. The quantitative estimate of drug-likeness (QED) is 0.107. The summed E-state index contributed by atoms with van der Waals surface area (Å²) < 4.78 is 10.1. The van der Waals surface area contributed by atoms with Crippen LogP contribution in [0.2, 0.25) is 0 Å². The second kappa shape index (κ2) is 16.2. The fourth-order valence-corrected chi connectivity index (χ4v) is 4.57. The van der Waals surface area contributed by atoms with Crippen molar-refractivity contribution < 1.29 is 33.4 Å². The van der Waals surface area contributed by atoms with Gasteiger partial charge >= 0.3 is 0 Å². The van der Waals surface area contributed by atoms with E-state index in [9.17, 15) is 24.0 Å². The van der Waals surface area contributed by atoms with Crippen molar-refractivity contribution in [1.29, 1.82) is 0 Å². The first-order valence-electron chi connectivity index (χ1n) is 14.4. The SMILES string of the molecule is COc1ccc(C(=O)CC(=O)c2ccc(OC)cc2)cc1.O=C(c1ccccc1)C(C(=O)c1ccccc1)C(=O)c1ccccc1. The van der Waals surface area contributed by atoms with Gasteiger partial charge in [-0.1, -0.05) is 91.0 Å². The number of carbonyl (C=O) groups is 5. The predicted octanol–water partition coefficient (Wildman–Crippen LogP) is 7.41.